The van der Waals surface area contributed by atoms with Crippen molar-refractivity contribution in [3.05, 3.63) is 46.5 Å². The van der Waals surface area contributed by atoms with E-state index in [-0.39, 0.29) is 30.9 Å². The lowest BCUT2D eigenvalue weighted by atomic mass is 9.99. The van der Waals surface area contributed by atoms with Gasteiger partial charge in [-0.15, -0.1) is 0 Å². The number of benzene rings is 1. The summed E-state index contributed by atoms with van der Waals surface area (Å²) in [7, 11) is 0. The van der Waals surface area contributed by atoms with E-state index < -0.39 is 48.5 Å². The van der Waals surface area contributed by atoms with Crippen LogP contribution < -0.4 is 5.32 Å². The van der Waals surface area contributed by atoms with E-state index in [9.17, 15) is 35.9 Å². The third-order valence-corrected chi connectivity index (χ3v) is 5.91. The molecule has 1 atom stereocenters. The highest BCUT2D eigenvalue weighted by Crippen LogP contribution is 2.34. The summed E-state index contributed by atoms with van der Waals surface area (Å²) in [6.45, 7) is 1.41. The van der Waals surface area contributed by atoms with Gasteiger partial charge >= 0.3 is 12.2 Å². The highest BCUT2D eigenvalue weighted by Gasteiger charge is 2.37. The van der Waals surface area contributed by atoms with Crippen molar-refractivity contribution in [1.82, 2.24) is 19.6 Å². The first-order valence-electron chi connectivity index (χ1n) is 10.6. The number of nitrogens with one attached hydrogen (secondary N) is 1. The second-order valence-electron chi connectivity index (χ2n) is 8.30. The zero-order chi connectivity index (χ0) is 24.8. The zero-order valence-electron chi connectivity index (χ0n) is 18.0. The zero-order valence-corrected chi connectivity index (χ0v) is 18.0. The molecule has 0 spiro atoms. The van der Waals surface area contributed by atoms with Gasteiger partial charge in [-0.05, 0) is 31.5 Å². The van der Waals surface area contributed by atoms with Gasteiger partial charge in [-0.25, -0.2) is 18.0 Å². The Bertz CT molecular complexity index is 1120. The fourth-order valence-electron chi connectivity index (χ4n) is 4.29. The normalized spacial score (nSPS) is 18.6. The van der Waals surface area contributed by atoms with Crippen LogP contribution in [0.5, 0.6) is 0 Å². The van der Waals surface area contributed by atoms with Crippen LogP contribution in [0.25, 0.3) is 0 Å². The molecule has 1 N–H and O–H groups in total. The van der Waals surface area contributed by atoms with E-state index >= 15 is 0 Å². The van der Waals surface area contributed by atoms with Crippen molar-refractivity contribution in [3.63, 3.8) is 0 Å². The molecular weight excluding hydrogens is 468 g/mol. The maximum absolute atomic E-state index is 13.6. The van der Waals surface area contributed by atoms with Crippen LogP contribution in [0.1, 0.15) is 40.7 Å². The summed E-state index contributed by atoms with van der Waals surface area (Å²) < 4.78 is 79.9. The van der Waals surface area contributed by atoms with Crippen LogP contribution in [0.2, 0.25) is 0 Å². The number of carbonyl (C=O) groups excluding carboxylic acids is 2. The third-order valence-electron chi connectivity index (χ3n) is 5.91. The number of aromatic nitrogens is 2. The maximum atomic E-state index is 13.6. The molecule has 1 unspecified atom stereocenters. The molecule has 0 saturated carbocycles. The minimum absolute atomic E-state index is 0.0841. The number of alkyl halides is 5. The Labute approximate surface area is 190 Å². The van der Waals surface area contributed by atoms with Crippen molar-refractivity contribution in [2.45, 2.75) is 51.5 Å². The number of anilines is 1. The number of halogens is 6. The fraction of sp³-hybridized carbons (Fsp3) is 0.476. The number of amides is 3. The smallest absolute Gasteiger partial charge is 0.332 e. The van der Waals surface area contributed by atoms with Crippen LogP contribution in [-0.4, -0.2) is 57.1 Å². The van der Waals surface area contributed by atoms with Crippen molar-refractivity contribution in [2.75, 3.05) is 18.4 Å². The summed E-state index contributed by atoms with van der Waals surface area (Å²) in [5, 5.41) is 6.79. The second-order valence-corrected chi connectivity index (χ2v) is 8.30. The molecule has 0 aliphatic carbocycles. The van der Waals surface area contributed by atoms with Crippen molar-refractivity contribution < 1.29 is 35.9 Å². The Morgan fingerprint density at radius 1 is 1.26 bits per heavy atom. The molecule has 4 rings (SSSR count). The van der Waals surface area contributed by atoms with Crippen molar-refractivity contribution >= 4 is 17.6 Å². The Morgan fingerprint density at radius 3 is 2.68 bits per heavy atom. The quantitative estimate of drug-likeness (QED) is 0.660. The summed E-state index contributed by atoms with van der Waals surface area (Å²) in [6, 6.07) is 0.972. The standard InChI is InChI=1S/C21H21F6N5O2/c1-11-7-16-13(18-19(33)30(10-17(23)24)5-2-6-32(18)29-16)9-31(11)20(34)28-12-3-4-15(22)14(8-12)21(25,26)27/h3-4,8,11,17H,2,5-7,9-10H2,1H3,(H,28,34). The van der Waals surface area contributed by atoms with Gasteiger partial charge in [0.05, 0.1) is 24.3 Å². The third kappa shape index (κ3) is 4.55. The lowest BCUT2D eigenvalue weighted by Gasteiger charge is -2.33. The first-order chi connectivity index (χ1) is 16.0. The number of rotatable bonds is 3. The molecule has 3 amide bonds. The Kier molecular flexibility index (Phi) is 6.21. The Hall–Kier alpha value is -3.25. The Morgan fingerprint density at radius 2 is 2.00 bits per heavy atom. The molecule has 0 fully saturated rings. The molecule has 0 bridgehead atoms. The van der Waals surface area contributed by atoms with Crippen LogP contribution in [-0.2, 0) is 25.7 Å². The van der Waals surface area contributed by atoms with E-state index in [1.165, 1.54) is 9.58 Å². The summed E-state index contributed by atoms with van der Waals surface area (Å²) in [5.74, 6) is -2.06. The van der Waals surface area contributed by atoms with Crippen molar-refractivity contribution in [3.8, 4) is 0 Å². The molecule has 34 heavy (non-hydrogen) atoms. The summed E-state index contributed by atoms with van der Waals surface area (Å²) in [6.07, 6.45) is -6.92. The van der Waals surface area contributed by atoms with Crippen LogP contribution in [0.15, 0.2) is 18.2 Å². The van der Waals surface area contributed by atoms with Gasteiger partial charge in [0.25, 0.3) is 12.3 Å². The van der Waals surface area contributed by atoms with Crippen LogP contribution in [0.3, 0.4) is 0 Å². The van der Waals surface area contributed by atoms with Gasteiger partial charge in [0.15, 0.2) is 0 Å². The summed E-state index contributed by atoms with van der Waals surface area (Å²) >= 11 is 0. The first kappa shape index (κ1) is 23.9. The van der Waals surface area contributed by atoms with E-state index in [1.807, 2.05) is 0 Å². The van der Waals surface area contributed by atoms with Crippen molar-refractivity contribution in [1.29, 1.82) is 0 Å². The lowest BCUT2D eigenvalue weighted by molar-refractivity contribution is -0.139. The molecule has 2 aliphatic heterocycles. The van der Waals surface area contributed by atoms with Gasteiger partial charge < -0.3 is 15.1 Å². The first-order valence-corrected chi connectivity index (χ1v) is 10.6. The minimum atomic E-state index is -4.93. The predicted molar refractivity (Wildman–Crippen MR) is 108 cm³/mol. The van der Waals surface area contributed by atoms with Gasteiger partial charge in [-0.3, -0.25) is 9.48 Å². The van der Waals surface area contributed by atoms with Crippen LogP contribution in [0, 0.1) is 5.82 Å². The Balaban J connectivity index is 1.59. The van der Waals surface area contributed by atoms with E-state index in [1.54, 1.807) is 6.92 Å². The highest BCUT2D eigenvalue weighted by molar-refractivity contribution is 5.95. The molecular formula is C21H21F6N5O2. The molecule has 13 heteroatoms. The van der Waals surface area contributed by atoms with E-state index in [0.29, 0.717) is 36.4 Å². The second kappa shape index (κ2) is 8.84. The molecule has 2 aromatic rings. The number of aryl methyl sites for hydroxylation is 1. The topological polar surface area (TPSA) is 70.5 Å². The highest BCUT2D eigenvalue weighted by atomic mass is 19.4. The van der Waals surface area contributed by atoms with E-state index in [2.05, 4.69) is 10.4 Å². The monoisotopic (exact) mass is 489 g/mol. The lowest BCUT2D eigenvalue weighted by Crippen LogP contribution is -2.45. The number of carbonyl (C=O) groups is 2. The minimum Gasteiger partial charge on any atom is -0.332 e. The molecule has 7 nitrogen and oxygen atoms in total. The van der Waals surface area contributed by atoms with E-state index in [0.717, 1.165) is 11.0 Å². The molecule has 0 saturated heterocycles. The molecule has 3 heterocycles. The molecule has 0 radical (unpaired) electrons. The number of hydrogen-bond donors (Lipinski definition) is 1. The molecule has 1 aromatic carbocycles. The molecule has 184 valence electrons. The van der Waals surface area contributed by atoms with Gasteiger partial charge in [0.1, 0.15) is 11.5 Å². The number of urea groups is 1. The molecule has 1 aromatic heterocycles. The SMILES string of the molecule is CC1Cc2nn3c(c2CN1C(=O)Nc1ccc(F)c(C(F)(F)F)c1)C(=O)N(CC(F)F)CCC3. The van der Waals surface area contributed by atoms with Crippen LogP contribution in [0.4, 0.5) is 36.8 Å². The predicted octanol–water partition coefficient (Wildman–Crippen LogP) is 4.13. The van der Waals surface area contributed by atoms with Gasteiger partial charge in [0, 0.05) is 36.8 Å². The van der Waals surface area contributed by atoms with Crippen molar-refractivity contribution in [2.24, 2.45) is 0 Å². The number of nitrogens with zero attached hydrogens (tertiary/aromatic N) is 4. The average Bonchev–Trinajstić information content (AvgIpc) is 3.01. The van der Waals surface area contributed by atoms with Crippen LogP contribution >= 0.6 is 0 Å². The summed E-state index contributed by atoms with van der Waals surface area (Å²) in [4.78, 5) is 28.3. The largest absolute Gasteiger partial charge is 0.419 e. The van der Waals surface area contributed by atoms with Gasteiger partial charge in [-0.2, -0.15) is 18.3 Å². The van der Waals surface area contributed by atoms with E-state index in [4.69, 9.17) is 0 Å². The maximum Gasteiger partial charge on any atom is 0.419 e. The summed E-state index contributed by atoms with van der Waals surface area (Å²) in [5.41, 5.74) is -0.621. The number of hydrogen-bond acceptors (Lipinski definition) is 3. The van der Waals surface area contributed by atoms with Gasteiger partial charge in [-0.1, -0.05) is 0 Å². The average molecular weight is 489 g/mol. The molecule has 2 aliphatic rings. The fourth-order valence-corrected chi connectivity index (χ4v) is 4.29. The van der Waals surface area contributed by atoms with Gasteiger partial charge in [0.2, 0.25) is 0 Å². The number of fused-ring (bicyclic) bond motifs is 3.